The van der Waals surface area contributed by atoms with E-state index in [1.807, 2.05) is 13.8 Å². The predicted octanol–water partition coefficient (Wildman–Crippen LogP) is 3.00. The molecule has 0 saturated heterocycles. The van der Waals surface area contributed by atoms with E-state index in [2.05, 4.69) is 10.3 Å². The van der Waals surface area contributed by atoms with E-state index in [1.54, 1.807) is 13.0 Å². The van der Waals surface area contributed by atoms with Gasteiger partial charge >= 0.3 is 5.97 Å². The molecule has 2 rings (SSSR count). The van der Waals surface area contributed by atoms with Crippen LogP contribution in [0.3, 0.4) is 0 Å². The number of aromatic nitrogens is 1. The quantitative estimate of drug-likeness (QED) is 0.855. The largest absolute Gasteiger partial charge is 0.467 e. The second kappa shape index (κ2) is 7.38. The highest BCUT2D eigenvalue weighted by molar-refractivity contribution is 6.07. The first-order valence-electron chi connectivity index (χ1n) is 7.77. The van der Waals surface area contributed by atoms with Gasteiger partial charge in [-0.25, -0.2) is 9.18 Å². The molecule has 1 aromatic carbocycles. The normalized spacial score (nSPS) is 12.2. The number of fused-ring (bicyclic) bond motifs is 1. The van der Waals surface area contributed by atoms with Crippen molar-refractivity contribution in [3.05, 3.63) is 41.3 Å². The van der Waals surface area contributed by atoms with E-state index >= 15 is 0 Å². The Hall–Kier alpha value is -2.50. The van der Waals surface area contributed by atoms with Gasteiger partial charge in [0.2, 0.25) is 0 Å². The van der Waals surface area contributed by atoms with Crippen LogP contribution in [0.2, 0.25) is 0 Å². The van der Waals surface area contributed by atoms with Crippen molar-refractivity contribution in [2.45, 2.75) is 33.2 Å². The van der Waals surface area contributed by atoms with E-state index in [9.17, 15) is 14.0 Å². The highest BCUT2D eigenvalue weighted by atomic mass is 19.1. The average molecular weight is 332 g/mol. The summed E-state index contributed by atoms with van der Waals surface area (Å²) in [5.41, 5.74) is 1.45. The lowest BCUT2D eigenvalue weighted by molar-refractivity contribution is -0.143. The molecule has 1 heterocycles. The van der Waals surface area contributed by atoms with Crippen LogP contribution in [0.1, 0.15) is 36.3 Å². The number of aryl methyl sites for hydroxylation is 1. The van der Waals surface area contributed by atoms with Crippen molar-refractivity contribution in [2.24, 2.45) is 5.92 Å². The van der Waals surface area contributed by atoms with Gasteiger partial charge < -0.3 is 10.1 Å². The van der Waals surface area contributed by atoms with E-state index < -0.39 is 23.7 Å². The van der Waals surface area contributed by atoms with Crippen LogP contribution >= 0.6 is 0 Å². The molecule has 0 bridgehead atoms. The number of methoxy groups -OCH3 is 1. The summed E-state index contributed by atoms with van der Waals surface area (Å²) in [6.07, 6.45) is 0.453. The third-order valence-electron chi connectivity index (χ3n) is 3.64. The van der Waals surface area contributed by atoms with Gasteiger partial charge in [0.25, 0.3) is 5.91 Å². The number of esters is 1. The van der Waals surface area contributed by atoms with Gasteiger partial charge in [-0.3, -0.25) is 9.78 Å². The van der Waals surface area contributed by atoms with Crippen LogP contribution in [0.4, 0.5) is 4.39 Å². The number of carbonyl (C=O) groups excluding carboxylic acids is 2. The number of benzene rings is 1. The fourth-order valence-electron chi connectivity index (χ4n) is 2.58. The molecule has 24 heavy (non-hydrogen) atoms. The second-order valence-corrected chi connectivity index (χ2v) is 6.15. The zero-order valence-electron chi connectivity index (χ0n) is 14.2. The molecule has 1 unspecified atom stereocenters. The van der Waals surface area contributed by atoms with E-state index in [-0.39, 0.29) is 11.5 Å². The Morgan fingerprint density at radius 2 is 2.00 bits per heavy atom. The Bertz CT molecular complexity index is 774. The zero-order chi connectivity index (χ0) is 17.9. The summed E-state index contributed by atoms with van der Waals surface area (Å²) < 4.78 is 18.3. The fraction of sp³-hybridized carbons (Fsp3) is 0.389. The Morgan fingerprint density at radius 3 is 2.62 bits per heavy atom. The summed E-state index contributed by atoms with van der Waals surface area (Å²) in [5.74, 6) is -1.21. The van der Waals surface area contributed by atoms with Gasteiger partial charge in [0, 0.05) is 11.1 Å². The average Bonchev–Trinajstić information content (AvgIpc) is 2.52. The number of hydrogen-bond acceptors (Lipinski definition) is 4. The number of hydrogen-bond donors (Lipinski definition) is 1. The Balaban J connectivity index is 2.39. The molecule has 1 atom stereocenters. The number of carbonyl (C=O) groups is 2. The summed E-state index contributed by atoms with van der Waals surface area (Å²) in [7, 11) is 1.28. The van der Waals surface area contributed by atoms with Gasteiger partial charge in [0.15, 0.2) is 0 Å². The van der Waals surface area contributed by atoms with E-state index in [4.69, 9.17) is 4.74 Å². The van der Waals surface area contributed by atoms with Gasteiger partial charge in [-0.2, -0.15) is 0 Å². The number of amides is 1. The first-order valence-corrected chi connectivity index (χ1v) is 7.77. The summed E-state index contributed by atoms with van der Waals surface area (Å²) in [6.45, 7) is 5.65. The van der Waals surface area contributed by atoms with Crippen molar-refractivity contribution in [3.8, 4) is 0 Å². The number of nitrogens with zero attached hydrogens (tertiary/aromatic N) is 1. The van der Waals surface area contributed by atoms with Gasteiger partial charge in [0.1, 0.15) is 11.9 Å². The summed E-state index contributed by atoms with van der Waals surface area (Å²) in [6, 6.07) is 4.93. The van der Waals surface area contributed by atoms with Crippen LogP contribution in [0.5, 0.6) is 0 Å². The zero-order valence-corrected chi connectivity index (χ0v) is 14.2. The van der Waals surface area contributed by atoms with Crippen LogP contribution in [-0.4, -0.2) is 30.0 Å². The van der Waals surface area contributed by atoms with E-state index in [0.717, 1.165) is 0 Å². The Kier molecular flexibility index (Phi) is 5.49. The molecule has 1 amide bonds. The monoisotopic (exact) mass is 332 g/mol. The van der Waals surface area contributed by atoms with Crippen molar-refractivity contribution in [1.29, 1.82) is 0 Å². The summed E-state index contributed by atoms with van der Waals surface area (Å²) in [4.78, 5) is 28.9. The van der Waals surface area contributed by atoms with Crippen molar-refractivity contribution >= 4 is 22.8 Å². The third kappa shape index (κ3) is 4.07. The minimum absolute atomic E-state index is 0.197. The predicted molar refractivity (Wildman–Crippen MR) is 89.2 cm³/mol. The lowest BCUT2D eigenvalue weighted by atomic mass is 10.0. The van der Waals surface area contributed by atoms with Crippen molar-refractivity contribution in [3.63, 3.8) is 0 Å². The highest BCUT2D eigenvalue weighted by Gasteiger charge is 2.24. The fourth-order valence-corrected chi connectivity index (χ4v) is 2.58. The van der Waals surface area contributed by atoms with Crippen LogP contribution in [0.25, 0.3) is 10.9 Å². The molecule has 2 aromatic rings. The standard InChI is InChI=1S/C18H21FN2O3/c1-10(2)7-16(18(23)24-4)21-17(22)14-8-11(3)20-15-6-5-12(19)9-13(14)15/h5-6,8-10,16H,7H2,1-4H3,(H,21,22). The number of nitrogens with one attached hydrogen (secondary N) is 1. The molecule has 0 aliphatic heterocycles. The maximum absolute atomic E-state index is 13.6. The molecule has 1 N–H and O–H groups in total. The number of ether oxygens (including phenoxy) is 1. The van der Waals surface area contributed by atoms with Crippen molar-refractivity contribution in [1.82, 2.24) is 10.3 Å². The molecule has 0 radical (unpaired) electrons. The lowest BCUT2D eigenvalue weighted by Crippen LogP contribution is -2.42. The van der Waals surface area contributed by atoms with E-state index in [0.29, 0.717) is 23.0 Å². The summed E-state index contributed by atoms with van der Waals surface area (Å²) in [5, 5.41) is 3.10. The molecule has 6 heteroatoms. The first-order chi connectivity index (χ1) is 11.3. The maximum atomic E-state index is 13.6. The molecule has 128 valence electrons. The van der Waals surface area contributed by atoms with E-state index in [1.165, 1.54) is 25.3 Å². The third-order valence-corrected chi connectivity index (χ3v) is 3.64. The smallest absolute Gasteiger partial charge is 0.328 e. The first kappa shape index (κ1) is 17.8. The molecule has 5 nitrogen and oxygen atoms in total. The van der Waals surface area contributed by atoms with Crippen LogP contribution < -0.4 is 5.32 Å². The summed E-state index contributed by atoms with van der Waals surface area (Å²) >= 11 is 0. The minimum atomic E-state index is -0.750. The topological polar surface area (TPSA) is 68.3 Å². The van der Waals surface area contributed by atoms with Gasteiger partial charge in [-0.1, -0.05) is 13.8 Å². The highest BCUT2D eigenvalue weighted by Crippen LogP contribution is 2.20. The number of rotatable bonds is 5. The van der Waals surface area contributed by atoms with Crippen LogP contribution in [0, 0.1) is 18.7 Å². The molecule has 0 fully saturated rings. The van der Waals surface area contributed by atoms with Crippen LogP contribution in [0.15, 0.2) is 24.3 Å². The minimum Gasteiger partial charge on any atom is -0.467 e. The number of halogens is 1. The molecular formula is C18H21FN2O3. The molecule has 0 spiro atoms. The van der Waals surface area contributed by atoms with Crippen molar-refractivity contribution in [2.75, 3.05) is 7.11 Å². The van der Waals surface area contributed by atoms with Gasteiger partial charge in [-0.15, -0.1) is 0 Å². The molecule has 0 aliphatic rings. The number of pyridine rings is 1. The molecule has 1 aromatic heterocycles. The maximum Gasteiger partial charge on any atom is 0.328 e. The molecular weight excluding hydrogens is 311 g/mol. The van der Waals surface area contributed by atoms with Crippen LogP contribution in [-0.2, 0) is 9.53 Å². The Labute approximate surface area is 140 Å². The Morgan fingerprint density at radius 1 is 1.29 bits per heavy atom. The lowest BCUT2D eigenvalue weighted by Gasteiger charge is -2.19. The second-order valence-electron chi connectivity index (χ2n) is 6.15. The van der Waals surface area contributed by atoms with Gasteiger partial charge in [0.05, 0.1) is 18.2 Å². The SMILES string of the molecule is COC(=O)C(CC(C)C)NC(=O)c1cc(C)nc2ccc(F)cc12. The molecule has 0 saturated carbocycles. The van der Waals surface area contributed by atoms with Gasteiger partial charge in [-0.05, 0) is 43.5 Å². The molecule has 0 aliphatic carbocycles. The van der Waals surface area contributed by atoms with Crippen molar-refractivity contribution < 1.29 is 18.7 Å².